The van der Waals surface area contributed by atoms with Gasteiger partial charge in [0.15, 0.2) is 0 Å². The van der Waals surface area contributed by atoms with E-state index in [0.29, 0.717) is 6.42 Å². The lowest BCUT2D eigenvalue weighted by atomic mass is 9.87. The van der Waals surface area contributed by atoms with Crippen LogP contribution in [0.5, 0.6) is 0 Å². The number of thioether (sulfide) groups is 1. The lowest BCUT2D eigenvalue weighted by molar-refractivity contribution is -0.146. The summed E-state index contributed by atoms with van der Waals surface area (Å²) in [6.07, 6.45) is 7.76. The smallest absolute Gasteiger partial charge is 0.309 e. The van der Waals surface area contributed by atoms with Crippen LogP contribution in [0.25, 0.3) is 0 Å². The lowest BCUT2D eigenvalue weighted by Crippen LogP contribution is -2.29. The summed E-state index contributed by atoms with van der Waals surface area (Å²) in [5.41, 5.74) is 3.38. The minimum atomic E-state index is -0.775. The van der Waals surface area contributed by atoms with Gasteiger partial charge in [0.05, 0.1) is 11.5 Å². The molecule has 152 valence electrons. The number of carboxylic acid groups (broad SMARTS) is 1. The first kappa shape index (κ1) is 20.8. The van der Waals surface area contributed by atoms with Gasteiger partial charge in [0.25, 0.3) is 0 Å². The van der Waals surface area contributed by atoms with Gasteiger partial charge in [-0.15, -0.1) is 11.8 Å². The number of ether oxygens (including phenoxy) is 1. The average Bonchev–Trinajstić information content (AvgIpc) is 3.16. The van der Waals surface area contributed by atoms with Gasteiger partial charge >= 0.3 is 5.97 Å². The molecule has 1 saturated heterocycles. The second kappa shape index (κ2) is 7.82. The standard InChI is InChI=1S/C22H35NO3S/c1-21(2,3)27-19-16-10-6-7-11-17(16)23(14-15-9-8-12-26-15)18(19)13-22(4,5)20(24)25/h15H,6-14H2,1-5H3,(H,24,25). The number of hydrogen-bond acceptors (Lipinski definition) is 3. The Morgan fingerprint density at radius 1 is 1.19 bits per heavy atom. The Hall–Kier alpha value is -0.940. The first-order valence-electron chi connectivity index (χ1n) is 10.4. The van der Waals surface area contributed by atoms with Crippen LogP contribution in [0.15, 0.2) is 4.90 Å². The molecule has 1 atom stereocenters. The van der Waals surface area contributed by atoms with Crippen molar-refractivity contribution in [2.24, 2.45) is 5.41 Å². The second-order valence-electron chi connectivity index (χ2n) is 9.73. The van der Waals surface area contributed by atoms with Crippen molar-refractivity contribution < 1.29 is 14.6 Å². The van der Waals surface area contributed by atoms with Crippen molar-refractivity contribution in [3.05, 3.63) is 17.0 Å². The number of nitrogens with zero attached hydrogens (tertiary/aromatic N) is 1. The van der Waals surface area contributed by atoms with Crippen LogP contribution in [0.3, 0.4) is 0 Å². The molecule has 1 aromatic heterocycles. The highest BCUT2D eigenvalue weighted by Crippen LogP contribution is 2.44. The molecule has 27 heavy (non-hydrogen) atoms. The largest absolute Gasteiger partial charge is 0.481 e. The van der Waals surface area contributed by atoms with Crippen LogP contribution < -0.4 is 0 Å². The van der Waals surface area contributed by atoms with E-state index in [2.05, 4.69) is 25.3 Å². The van der Waals surface area contributed by atoms with Gasteiger partial charge < -0.3 is 14.4 Å². The first-order valence-corrected chi connectivity index (χ1v) is 11.2. The predicted molar refractivity (Wildman–Crippen MR) is 111 cm³/mol. The van der Waals surface area contributed by atoms with Crippen molar-refractivity contribution in [1.29, 1.82) is 0 Å². The number of carbonyl (C=O) groups is 1. The molecule has 1 unspecified atom stereocenters. The van der Waals surface area contributed by atoms with Gasteiger partial charge in [-0.05, 0) is 57.9 Å². The van der Waals surface area contributed by atoms with E-state index in [1.54, 1.807) is 0 Å². The minimum Gasteiger partial charge on any atom is -0.481 e. The summed E-state index contributed by atoms with van der Waals surface area (Å²) >= 11 is 1.92. The van der Waals surface area contributed by atoms with E-state index < -0.39 is 11.4 Å². The fraction of sp³-hybridized carbons (Fsp3) is 0.773. The monoisotopic (exact) mass is 393 g/mol. The lowest BCUT2D eigenvalue weighted by Gasteiger charge is -2.25. The molecule has 0 radical (unpaired) electrons. The van der Waals surface area contributed by atoms with Crippen molar-refractivity contribution in [2.75, 3.05) is 6.61 Å². The molecular weight excluding hydrogens is 358 g/mol. The average molecular weight is 394 g/mol. The number of aliphatic carboxylic acids is 1. The highest BCUT2D eigenvalue weighted by atomic mass is 32.2. The zero-order chi connectivity index (χ0) is 19.8. The highest BCUT2D eigenvalue weighted by Gasteiger charge is 2.35. The van der Waals surface area contributed by atoms with Crippen LogP contribution in [-0.4, -0.2) is 33.1 Å². The third-order valence-electron chi connectivity index (χ3n) is 5.63. The molecule has 1 aliphatic heterocycles. The summed E-state index contributed by atoms with van der Waals surface area (Å²) in [5.74, 6) is -0.725. The van der Waals surface area contributed by atoms with Gasteiger partial charge in [-0.25, -0.2) is 0 Å². The Kier molecular flexibility index (Phi) is 6.02. The Morgan fingerprint density at radius 3 is 2.48 bits per heavy atom. The number of carboxylic acids is 1. The Bertz CT molecular complexity index is 693. The van der Waals surface area contributed by atoms with E-state index in [9.17, 15) is 9.90 Å². The SMILES string of the molecule is CC(C)(C)Sc1c2c(n(CC3CCCO3)c1CC(C)(C)C(=O)O)CCCC2. The van der Waals surface area contributed by atoms with Gasteiger partial charge in [0.1, 0.15) is 0 Å². The number of fused-ring (bicyclic) bond motifs is 1. The summed E-state index contributed by atoms with van der Waals surface area (Å²) in [6, 6.07) is 0. The van der Waals surface area contributed by atoms with E-state index in [1.807, 2.05) is 25.6 Å². The van der Waals surface area contributed by atoms with Crippen molar-refractivity contribution in [1.82, 2.24) is 4.57 Å². The Balaban J connectivity index is 2.09. The summed E-state index contributed by atoms with van der Waals surface area (Å²) in [6.45, 7) is 12.2. The van der Waals surface area contributed by atoms with Crippen molar-refractivity contribution in [3.63, 3.8) is 0 Å². The zero-order valence-corrected chi connectivity index (χ0v) is 18.4. The molecular formula is C22H35NO3S. The van der Waals surface area contributed by atoms with Crippen LogP contribution in [-0.2, 0) is 35.3 Å². The maximum Gasteiger partial charge on any atom is 0.309 e. The molecule has 0 saturated carbocycles. The minimum absolute atomic E-state index is 0.101. The summed E-state index contributed by atoms with van der Waals surface area (Å²) < 4.78 is 8.51. The normalized spacial score (nSPS) is 20.7. The molecule has 2 heterocycles. The van der Waals surface area contributed by atoms with E-state index in [-0.39, 0.29) is 10.9 Å². The molecule has 0 amide bonds. The zero-order valence-electron chi connectivity index (χ0n) is 17.6. The molecule has 3 rings (SSSR count). The van der Waals surface area contributed by atoms with Crippen LogP contribution >= 0.6 is 11.8 Å². The van der Waals surface area contributed by atoms with E-state index in [1.165, 1.54) is 34.7 Å². The topological polar surface area (TPSA) is 51.5 Å². The molecule has 4 nitrogen and oxygen atoms in total. The third-order valence-corrected chi connectivity index (χ3v) is 6.93. The molecule has 0 aromatic carbocycles. The summed E-state index contributed by atoms with van der Waals surface area (Å²) in [5, 5.41) is 9.76. The van der Waals surface area contributed by atoms with Crippen LogP contribution in [0.4, 0.5) is 0 Å². The first-order chi connectivity index (χ1) is 12.6. The molecule has 1 fully saturated rings. The number of rotatable bonds is 6. The third kappa shape index (κ3) is 4.73. The molecule has 5 heteroatoms. The maximum absolute atomic E-state index is 11.9. The molecule has 1 N–H and O–H groups in total. The molecule has 1 aliphatic carbocycles. The van der Waals surface area contributed by atoms with E-state index >= 15 is 0 Å². The van der Waals surface area contributed by atoms with E-state index in [4.69, 9.17) is 4.74 Å². The number of aromatic nitrogens is 1. The van der Waals surface area contributed by atoms with E-state index in [0.717, 1.165) is 38.8 Å². The fourth-order valence-corrected chi connectivity index (χ4v) is 5.46. The van der Waals surface area contributed by atoms with Gasteiger partial charge in [-0.1, -0.05) is 20.8 Å². The molecule has 1 aromatic rings. The second-order valence-corrected chi connectivity index (χ2v) is 11.6. The summed E-state index contributed by atoms with van der Waals surface area (Å²) in [7, 11) is 0. The highest BCUT2D eigenvalue weighted by molar-refractivity contribution is 8.00. The predicted octanol–water partition coefficient (Wildman–Crippen LogP) is 5.09. The molecule has 2 aliphatic rings. The van der Waals surface area contributed by atoms with Gasteiger partial charge in [0.2, 0.25) is 0 Å². The van der Waals surface area contributed by atoms with Gasteiger partial charge in [-0.2, -0.15) is 0 Å². The van der Waals surface area contributed by atoms with Crippen LogP contribution in [0.2, 0.25) is 0 Å². The van der Waals surface area contributed by atoms with Crippen molar-refractivity contribution in [3.8, 4) is 0 Å². The Labute approximate surface area is 168 Å². The van der Waals surface area contributed by atoms with Gasteiger partial charge in [0, 0.05) is 40.6 Å². The van der Waals surface area contributed by atoms with Crippen LogP contribution in [0, 0.1) is 5.41 Å². The fourth-order valence-electron chi connectivity index (χ4n) is 4.20. The van der Waals surface area contributed by atoms with Crippen molar-refractivity contribution >= 4 is 17.7 Å². The Morgan fingerprint density at radius 2 is 1.89 bits per heavy atom. The van der Waals surface area contributed by atoms with Crippen LogP contribution in [0.1, 0.15) is 77.3 Å². The molecule has 0 spiro atoms. The maximum atomic E-state index is 11.9. The molecule has 0 bridgehead atoms. The van der Waals surface area contributed by atoms with Gasteiger partial charge in [-0.3, -0.25) is 4.79 Å². The summed E-state index contributed by atoms with van der Waals surface area (Å²) in [4.78, 5) is 13.2. The number of hydrogen-bond donors (Lipinski definition) is 1. The quantitative estimate of drug-likeness (QED) is 0.684. The van der Waals surface area contributed by atoms with Crippen molar-refractivity contribution in [2.45, 2.75) is 102 Å².